The van der Waals surface area contributed by atoms with Crippen molar-refractivity contribution >= 4 is 31.5 Å². The highest BCUT2D eigenvalue weighted by Crippen LogP contribution is 2.27. The Hall–Kier alpha value is -1.67. The molecule has 0 aliphatic carbocycles. The van der Waals surface area contributed by atoms with Crippen LogP contribution in [0, 0.1) is 0 Å². The Morgan fingerprint density at radius 2 is 1.78 bits per heavy atom. The summed E-state index contributed by atoms with van der Waals surface area (Å²) in [5, 5.41) is 1.39. The molecule has 1 nitrogen and oxygen atoms in total. The van der Waals surface area contributed by atoms with Gasteiger partial charge in [-0.25, -0.2) is 0 Å². The minimum atomic E-state index is 0.0128. The fourth-order valence-corrected chi connectivity index (χ4v) is 4.15. The van der Waals surface area contributed by atoms with Gasteiger partial charge in [-0.15, -0.1) is 11.3 Å². The molecule has 0 saturated carbocycles. The number of unbranched alkanes of at least 4 members (excludes halogenated alkanes) is 5. The quantitative estimate of drug-likeness (QED) is 0.367. The molecule has 1 aromatic heterocycles. The number of hydrogen-bond acceptors (Lipinski definition) is 2. The maximum Gasteiger partial charge on any atom is 0.196 e. The highest BCUT2D eigenvalue weighted by molar-refractivity contribution is 7.24. The van der Waals surface area contributed by atoms with E-state index in [0.29, 0.717) is 10.1 Å². The summed E-state index contributed by atoms with van der Waals surface area (Å²) in [5.74, 6) is 0. The van der Waals surface area contributed by atoms with Crippen LogP contribution >= 0.6 is 11.3 Å². The molecule has 3 aromatic rings. The van der Waals surface area contributed by atoms with Crippen LogP contribution in [0.3, 0.4) is 0 Å². The number of aryl methyl sites for hydroxylation is 1. The van der Waals surface area contributed by atoms with Crippen LogP contribution in [0.1, 0.15) is 53.8 Å². The van der Waals surface area contributed by atoms with Gasteiger partial charge in [0.25, 0.3) is 0 Å². The molecule has 0 N–H and O–H groups in total. The molecule has 3 rings (SSSR count). The summed E-state index contributed by atoms with van der Waals surface area (Å²) in [6.45, 7) is 2.21. The van der Waals surface area contributed by atoms with E-state index in [9.17, 15) is 4.79 Å². The third-order valence-corrected chi connectivity index (χ3v) is 5.44. The van der Waals surface area contributed by atoms with Crippen molar-refractivity contribution in [3.05, 3.63) is 58.2 Å². The zero-order chi connectivity index (χ0) is 17.8. The van der Waals surface area contributed by atoms with Gasteiger partial charge in [0.15, 0.2) is 5.43 Å². The fraction of sp³-hybridized carbons (Fsp3) is 0.381. The van der Waals surface area contributed by atoms with Crippen LogP contribution < -0.4 is 5.43 Å². The molecule has 0 amide bonds. The summed E-state index contributed by atoms with van der Waals surface area (Å²) in [4.78, 5) is 13.0. The minimum Gasteiger partial charge on any atom is -0.288 e. The second kappa shape index (κ2) is 7.74. The van der Waals surface area contributed by atoms with E-state index in [1.165, 1.54) is 37.0 Å². The third-order valence-electron chi connectivity index (χ3n) is 4.35. The van der Waals surface area contributed by atoms with Gasteiger partial charge < -0.3 is 0 Å². The Balaban J connectivity index is 1.99. The van der Waals surface area contributed by atoms with Crippen LogP contribution in [0.15, 0.2) is 47.2 Å². The van der Waals surface area contributed by atoms with Crippen LogP contribution in [-0.2, 0) is 6.42 Å². The Bertz CT molecular complexity index is 946. The molecule has 23 heavy (non-hydrogen) atoms. The van der Waals surface area contributed by atoms with Crippen LogP contribution in [0.25, 0.3) is 20.2 Å². The molecule has 0 bridgehead atoms. The van der Waals surface area contributed by atoms with Crippen molar-refractivity contribution in [2.45, 2.75) is 51.9 Å². The topological polar surface area (TPSA) is 17.1 Å². The second-order valence-corrected chi connectivity index (χ2v) is 7.14. The first-order valence-electron chi connectivity index (χ1n) is 9.58. The van der Waals surface area contributed by atoms with E-state index >= 15 is 0 Å². The molecular weight excluding hydrogens is 300 g/mol. The highest BCUT2D eigenvalue weighted by atomic mass is 32.1. The first-order valence-corrected chi connectivity index (χ1v) is 9.39. The van der Waals surface area contributed by atoms with E-state index in [0.717, 1.165) is 34.9 Å². The predicted molar refractivity (Wildman–Crippen MR) is 103 cm³/mol. The first-order chi connectivity index (χ1) is 12.1. The Labute approximate surface area is 144 Å². The lowest BCUT2D eigenvalue weighted by atomic mass is 10.0. The van der Waals surface area contributed by atoms with E-state index < -0.39 is 0 Å². The monoisotopic (exact) mass is 326 g/mol. The maximum atomic E-state index is 13.0. The maximum absolute atomic E-state index is 13.0. The Morgan fingerprint density at radius 1 is 1.00 bits per heavy atom. The van der Waals surface area contributed by atoms with Gasteiger partial charge in [0, 0.05) is 20.2 Å². The van der Waals surface area contributed by atoms with E-state index in [1.807, 2.05) is 24.3 Å². The lowest BCUT2D eigenvalue weighted by Crippen LogP contribution is -2.04. The molecule has 0 saturated heterocycles. The predicted octanol–water partition coefficient (Wildman–Crippen LogP) is 6.32. The molecule has 0 unspecified atom stereocenters. The summed E-state index contributed by atoms with van der Waals surface area (Å²) in [5.41, 5.74) is 0.956. The lowest BCUT2D eigenvalue weighted by Gasteiger charge is -2.07. The van der Waals surface area contributed by atoms with Gasteiger partial charge in [-0.1, -0.05) is 63.3 Å². The molecule has 0 aliphatic rings. The molecule has 0 atom stereocenters. The third kappa shape index (κ3) is 3.64. The van der Waals surface area contributed by atoms with Crippen LogP contribution in [0.2, 0.25) is 0 Å². The van der Waals surface area contributed by atoms with Crippen LogP contribution in [-0.4, -0.2) is 0 Å². The molecule has 0 spiro atoms. The molecule has 0 radical (unpaired) electrons. The van der Waals surface area contributed by atoms with Gasteiger partial charge in [-0.05, 0) is 36.6 Å². The summed E-state index contributed by atoms with van der Waals surface area (Å²) in [6, 6.07) is 9.71. The van der Waals surface area contributed by atoms with Gasteiger partial charge in [0.1, 0.15) is 0 Å². The van der Waals surface area contributed by atoms with Gasteiger partial charge in [-0.3, -0.25) is 4.79 Å². The van der Waals surface area contributed by atoms with Gasteiger partial charge >= 0.3 is 0 Å². The number of hydrogen-bond donors (Lipinski definition) is 0. The molecule has 0 aliphatic heterocycles. The van der Waals surface area contributed by atoms with Crippen molar-refractivity contribution in [1.29, 1.82) is 0 Å². The summed E-state index contributed by atoms with van der Waals surface area (Å²) in [6.07, 6.45) is 8.03. The second-order valence-electron chi connectivity index (χ2n) is 6.09. The smallest absolute Gasteiger partial charge is 0.196 e. The summed E-state index contributed by atoms with van der Waals surface area (Å²) >= 11 is 1.46. The van der Waals surface area contributed by atoms with Crippen molar-refractivity contribution in [2.24, 2.45) is 0 Å². The largest absolute Gasteiger partial charge is 0.288 e. The van der Waals surface area contributed by atoms with E-state index in [2.05, 4.69) is 6.92 Å². The zero-order valence-corrected chi connectivity index (χ0v) is 14.5. The van der Waals surface area contributed by atoms with Crippen molar-refractivity contribution in [2.75, 3.05) is 0 Å². The summed E-state index contributed by atoms with van der Waals surface area (Å²) < 4.78 is 17.9. The highest BCUT2D eigenvalue weighted by Gasteiger charge is 2.09. The van der Waals surface area contributed by atoms with Crippen LogP contribution in [0.4, 0.5) is 0 Å². The SMILES string of the molecule is [2H]c1cc(CCCCCCCC)c2c(=O)c3ccccc3sc2c1[2H]. The molecule has 0 fully saturated rings. The van der Waals surface area contributed by atoms with Gasteiger partial charge in [0.05, 0.1) is 2.74 Å². The Kier molecular flexibility index (Phi) is 4.62. The minimum absolute atomic E-state index is 0.0128. The first kappa shape index (κ1) is 13.7. The Morgan fingerprint density at radius 3 is 2.65 bits per heavy atom. The van der Waals surface area contributed by atoms with Gasteiger partial charge in [0.2, 0.25) is 0 Å². The fourth-order valence-electron chi connectivity index (χ4n) is 3.08. The van der Waals surface area contributed by atoms with Crippen LogP contribution in [0.5, 0.6) is 0 Å². The van der Waals surface area contributed by atoms with Crippen molar-refractivity contribution in [3.8, 4) is 0 Å². The average Bonchev–Trinajstić information content (AvgIpc) is 2.62. The average molecular weight is 327 g/mol. The molecular formula is C21H24OS. The summed E-state index contributed by atoms with van der Waals surface area (Å²) in [7, 11) is 0. The van der Waals surface area contributed by atoms with Crippen molar-refractivity contribution in [1.82, 2.24) is 0 Å². The van der Waals surface area contributed by atoms with E-state index in [1.54, 1.807) is 6.07 Å². The van der Waals surface area contributed by atoms with E-state index in [-0.39, 0.29) is 17.5 Å². The zero-order valence-electron chi connectivity index (χ0n) is 15.7. The number of rotatable bonds is 7. The molecule has 1 heterocycles. The van der Waals surface area contributed by atoms with Crippen molar-refractivity contribution in [3.63, 3.8) is 0 Å². The molecule has 2 aromatic carbocycles. The normalized spacial score (nSPS) is 12.6. The van der Waals surface area contributed by atoms with Crippen molar-refractivity contribution < 1.29 is 2.74 Å². The lowest BCUT2D eigenvalue weighted by molar-refractivity contribution is 0.608. The standard InChI is InChI=1S/C21H24OS/c1-2-3-4-5-6-7-11-16-12-10-15-19-20(16)21(22)17-13-8-9-14-18(17)23-19/h8-10,12-15H,2-7,11H2,1H3/i10D,15D. The number of fused-ring (bicyclic) bond motifs is 2. The molecule has 2 heteroatoms. The molecule has 120 valence electrons. The van der Waals surface area contributed by atoms with Gasteiger partial charge in [-0.2, -0.15) is 0 Å². The van der Waals surface area contributed by atoms with E-state index in [4.69, 9.17) is 2.74 Å². The number of benzene rings is 2.